The van der Waals surface area contributed by atoms with Crippen molar-refractivity contribution in [3.8, 4) is 0 Å². The molecule has 1 aromatic rings. The highest BCUT2D eigenvalue weighted by Crippen LogP contribution is 2.40. The largest absolute Gasteiger partial charge is 0.453 e. The van der Waals surface area contributed by atoms with Gasteiger partial charge in [-0.05, 0) is 19.8 Å². The Morgan fingerprint density at radius 2 is 2.15 bits per heavy atom. The average Bonchev–Trinajstić information content (AvgIpc) is 2.70. The van der Waals surface area contributed by atoms with E-state index in [4.69, 9.17) is 0 Å². The molecule has 0 radical (unpaired) electrons. The lowest BCUT2D eigenvalue weighted by Gasteiger charge is -2.40. The third kappa shape index (κ3) is 2.65. The third-order valence-electron chi connectivity index (χ3n) is 3.72. The molecular weight excluding hydrogens is 277 g/mol. The Morgan fingerprint density at radius 1 is 1.50 bits per heavy atom. The van der Waals surface area contributed by atoms with Gasteiger partial charge in [-0.15, -0.1) is 0 Å². The first-order chi connectivity index (χ1) is 9.29. The van der Waals surface area contributed by atoms with Gasteiger partial charge in [0.05, 0.1) is 12.3 Å². The molecule has 0 atom stereocenters. The average molecular weight is 292 g/mol. The molecule has 1 aliphatic carbocycles. The summed E-state index contributed by atoms with van der Waals surface area (Å²) in [6.07, 6.45) is -2.33. The number of halogens is 3. The molecule has 0 saturated heterocycles. The minimum atomic E-state index is -4.76. The standard InChI is InChI=1S/C12H15F3N2O3/c1-7-8(9(20-17-7)12(13,14)15)10(19)16-5-11(6-18)3-2-4-11/h18H,2-6H2,1H3,(H,16,19). The number of alkyl halides is 3. The third-order valence-corrected chi connectivity index (χ3v) is 3.72. The van der Waals surface area contributed by atoms with Crippen molar-refractivity contribution >= 4 is 5.91 Å². The molecule has 8 heteroatoms. The van der Waals surface area contributed by atoms with Crippen LogP contribution in [0.1, 0.15) is 41.1 Å². The molecule has 0 aromatic carbocycles. The fraction of sp³-hybridized carbons (Fsp3) is 0.667. The van der Waals surface area contributed by atoms with Gasteiger partial charge in [0, 0.05) is 12.0 Å². The topological polar surface area (TPSA) is 75.4 Å². The van der Waals surface area contributed by atoms with E-state index < -0.39 is 28.8 Å². The Kier molecular flexibility index (Phi) is 3.77. The van der Waals surface area contributed by atoms with Crippen molar-refractivity contribution in [2.24, 2.45) is 5.41 Å². The van der Waals surface area contributed by atoms with Crippen LogP contribution in [-0.2, 0) is 6.18 Å². The van der Waals surface area contributed by atoms with Crippen LogP contribution in [0.5, 0.6) is 0 Å². The van der Waals surface area contributed by atoms with E-state index in [1.165, 1.54) is 6.92 Å². The smallest absolute Gasteiger partial charge is 0.396 e. The van der Waals surface area contributed by atoms with Crippen LogP contribution in [0, 0.1) is 12.3 Å². The van der Waals surface area contributed by atoms with Crippen molar-refractivity contribution in [3.63, 3.8) is 0 Å². The Morgan fingerprint density at radius 3 is 2.60 bits per heavy atom. The van der Waals surface area contributed by atoms with Crippen LogP contribution in [0.25, 0.3) is 0 Å². The summed E-state index contributed by atoms with van der Waals surface area (Å²) in [4.78, 5) is 11.9. The van der Waals surface area contributed by atoms with Gasteiger partial charge in [-0.1, -0.05) is 11.6 Å². The molecule has 1 heterocycles. The summed E-state index contributed by atoms with van der Waals surface area (Å²) in [5.41, 5.74) is -1.11. The van der Waals surface area contributed by atoms with Gasteiger partial charge in [0.2, 0.25) is 0 Å². The number of hydrogen-bond acceptors (Lipinski definition) is 4. The molecule has 1 aromatic heterocycles. The number of nitrogens with zero attached hydrogens (tertiary/aromatic N) is 1. The number of aliphatic hydroxyl groups excluding tert-OH is 1. The second-order valence-corrected chi connectivity index (χ2v) is 5.16. The second kappa shape index (κ2) is 5.08. The van der Waals surface area contributed by atoms with Crippen molar-refractivity contribution in [1.29, 1.82) is 0 Å². The molecule has 2 rings (SSSR count). The van der Waals surface area contributed by atoms with Gasteiger partial charge >= 0.3 is 6.18 Å². The number of rotatable bonds is 4. The summed E-state index contributed by atoms with van der Waals surface area (Å²) >= 11 is 0. The zero-order chi connectivity index (χ0) is 15.0. The molecule has 0 spiro atoms. The Balaban J connectivity index is 2.12. The number of amides is 1. The highest BCUT2D eigenvalue weighted by atomic mass is 19.4. The number of aliphatic hydroxyl groups is 1. The van der Waals surface area contributed by atoms with E-state index in [-0.39, 0.29) is 18.8 Å². The summed E-state index contributed by atoms with van der Waals surface area (Å²) in [6, 6.07) is 0. The predicted octanol–water partition coefficient (Wildman–Crippen LogP) is 1.89. The number of aryl methyl sites for hydroxylation is 1. The molecule has 1 saturated carbocycles. The highest BCUT2D eigenvalue weighted by Gasteiger charge is 2.43. The number of carbonyl (C=O) groups is 1. The van der Waals surface area contributed by atoms with E-state index in [1.54, 1.807) is 0 Å². The maximum absolute atomic E-state index is 12.7. The molecule has 1 fully saturated rings. The molecule has 1 amide bonds. The zero-order valence-corrected chi connectivity index (χ0v) is 10.9. The fourth-order valence-corrected chi connectivity index (χ4v) is 2.25. The fourth-order valence-electron chi connectivity index (χ4n) is 2.25. The Labute approximate surface area is 113 Å². The molecule has 0 aliphatic heterocycles. The van der Waals surface area contributed by atoms with E-state index >= 15 is 0 Å². The van der Waals surface area contributed by atoms with Crippen LogP contribution in [0.3, 0.4) is 0 Å². The lowest BCUT2D eigenvalue weighted by atomic mass is 9.69. The van der Waals surface area contributed by atoms with Crippen molar-refractivity contribution in [2.45, 2.75) is 32.4 Å². The normalized spacial score (nSPS) is 17.6. The quantitative estimate of drug-likeness (QED) is 0.888. The summed E-state index contributed by atoms with van der Waals surface area (Å²) in [6.45, 7) is 1.32. The molecule has 20 heavy (non-hydrogen) atoms. The summed E-state index contributed by atoms with van der Waals surface area (Å²) in [5.74, 6) is -2.27. The summed E-state index contributed by atoms with van der Waals surface area (Å²) in [7, 11) is 0. The zero-order valence-electron chi connectivity index (χ0n) is 10.9. The monoisotopic (exact) mass is 292 g/mol. The van der Waals surface area contributed by atoms with E-state index in [0.29, 0.717) is 0 Å². The van der Waals surface area contributed by atoms with Gasteiger partial charge in [-0.2, -0.15) is 13.2 Å². The van der Waals surface area contributed by atoms with Gasteiger partial charge in [-0.25, -0.2) is 0 Å². The van der Waals surface area contributed by atoms with Crippen molar-refractivity contribution in [3.05, 3.63) is 17.0 Å². The SMILES string of the molecule is Cc1noc(C(F)(F)F)c1C(=O)NCC1(CO)CCC1. The molecule has 0 unspecified atom stereocenters. The molecule has 5 nitrogen and oxygen atoms in total. The van der Waals surface area contributed by atoms with E-state index in [1.807, 2.05) is 0 Å². The number of aromatic nitrogens is 1. The van der Waals surface area contributed by atoms with Crippen LogP contribution < -0.4 is 5.32 Å². The van der Waals surface area contributed by atoms with E-state index in [0.717, 1.165) is 19.3 Å². The van der Waals surface area contributed by atoms with Gasteiger partial charge in [-0.3, -0.25) is 4.79 Å². The van der Waals surface area contributed by atoms with Crippen LogP contribution in [0.2, 0.25) is 0 Å². The second-order valence-electron chi connectivity index (χ2n) is 5.16. The van der Waals surface area contributed by atoms with Gasteiger partial charge in [0.25, 0.3) is 11.7 Å². The van der Waals surface area contributed by atoms with Crippen LogP contribution >= 0.6 is 0 Å². The van der Waals surface area contributed by atoms with Gasteiger partial charge in [0.15, 0.2) is 0 Å². The number of hydrogen-bond donors (Lipinski definition) is 2. The van der Waals surface area contributed by atoms with Crippen molar-refractivity contribution < 1.29 is 27.6 Å². The van der Waals surface area contributed by atoms with E-state index in [2.05, 4.69) is 15.0 Å². The Bertz CT molecular complexity index is 501. The first kappa shape index (κ1) is 14.8. The van der Waals surface area contributed by atoms with Crippen molar-refractivity contribution in [1.82, 2.24) is 10.5 Å². The van der Waals surface area contributed by atoms with Crippen LogP contribution in [0.4, 0.5) is 13.2 Å². The lowest BCUT2D eigenvalue weighted by molar-refractivity contribution is -0.155. The van der Waals surface area contributed by atoms with Crippen LogP contribution in [0.15, 0.2) is 4.52 Å². The molecule has 112 valence electrons. The lowest BCUT2D eigenvalue weighted by Crippen LogP contribution is -2.44. The molecule has 1 aliphatic rings. The highest BCUT2D eigenvalue weighted by molar-refractivity contribution is 5.96. The van der Waals surface area contributed by atoms with Gasteiger partial charge < -0.3 is 14.9 Å². The van der Waals surface area contributed by atoms with Crippen molar-refractivity contribution in [2.75, 3.05) is 13.2 Å². The van der Waals surface area contributed by atoms with Gasteiger partial charge in [0.1, 0.15) is 5.56 Å². The first-order valence-corrected chi connectivity index (χ1v) is 6.22. The number of carbonyl (C=O) groups excluding carboxylic acids is 1. The minimum absolute atomic E-state index is 0.0952. The molecule has 2 N–H and O–H groups in total. The molecule has 0 bridgehead atoms. The molecular formula is C12H15F3N2O3. The van der Waals surface area contributed by atoms with E-state index in [9.17, 15) is 23.1 Å². The summed E-state index contributed by atoms with van der Waals surface area (Å²) < 4.78 is 42.3. The first-order valence-electron chi connectivity index (χ1n) is 6.22. The Hall–Kier alpha value is -1.57. The predicted molar refractivity (Wildman–Crippen MR) is 61.9 cm³/mol. The number of nitrogens with one attached hydrogen (secondary N) is 1. The van der Waals surface area contributed by atoms with Crippen LogP contribution in [-0.4, -0.2) is 29.3 Å². The minimum Gasteiger partial charge on any atom is -0.396 e. The maximum Gasteiger partial charge on any atom is 0.453 e. The maximum atomic E-state index is 12.7. The summed E-state index contributed by atoms with van der Waals surface area (Å²) in [5, 5.41) is 14.9.